The number of nitrogens with one attached hydrogen (secondary N) is 1. The van der Waals surface area contributed by atoms with Gasteiger partial charge in [-0.3, -0.25) is 4.79 Å². The Balaban J connectivity index is 2.08. The van der Waals surface area contributed by atoms with Crippen LogP contribution in [0.3, 0.4) is 0 Å². The van der Waals surface area contributed by atoms with E-state index < -0.39 is 0 Å². The Bertz CT molecular complexity index is 451. The second-order valence-electron chi connectivity index (χ2n) is 4.50. The molecule has 0 aromatic heterocycles. The molecule has 1 amide bonds. The van der Waals surface area contributed by atoms with Crippen molar-refractivity contribution in [3.63, 3.8) is 0 Å². The number of nitrogens with zero attached hydrogens (tertiary/aromatic N) is 1. The van der Waals surface area contributed by atoms with Crippen molar-refractivity contribution >= 4 is 11.6 Å². The number of hydrogen-bond acceptors (Lipinski definition) is 2. The topological polar surface area (TPSA) is 41.5 Å². The van der Waals surface area contributed by atoms with E-state index in [0.29, 0.717) is 0 Å². The summed E-state index contributed by atoms with van der Waals surface area (Å²) in [6.07, 6.45) is 2.78. The van der Waals surface area contributed by atoms with Crippen LogP contribution in [0.4, 0.5) is 0 Å². The molecular formula is C14H18N2O. The Morgan fingerprint density at radius 3 is 2.94 bits per heavy atom. The standard InChI is InChI=1S/C14H18N2O/c1-3-10(2)14(17)16-15-13-9-8-11-6-4-5-7-12(11)13/h4-7,10H,3,8-9H2,1-2H3,(H,16,17). The SMILES string of the molecule is CCC(C)C(=O)NN=C1CCc2ccccc21. The summed E-state index contributed by atoms with van der Waals surface area (Å²) in [5, 5.41) is 4.25. The number of carbonyl (C=O) groups excluding carboxylic acids is 1. The predicted molar refractivity (Wildman–Crippen MR) is 68.9 cm³/mol. The monoisotopic (exact) mass is 230 g/mol. The van der Waals surface area contributed by atoms with E-state index in [0.717, 1.165) is 25.0 Å². The highest BCUT2D eigenvalue weighted by molar-refractivity contribution is 6.04. The highest BCUT2D eigenvalue weighted by Crippen LogP contribution is 2.21. The molecule has 1 aliphatic carbocycles. The van der Waals surface area contributed by atoms with E-state index in [4.69, 9.17) is 0 Å². The van der Waals surface area contributed by atoms with Crippen LogP contribution < -0.4 is 5.43 Å². The molecule has 1 atom stereocenters. The number of rotatable bonds is 3. The average molecular weight is 230 g/mol. The van der Waals surface area contributed by atoms with Gasteiger partial charge in [-0.15, -0.1) is 0 Å². The molecule has 0 saturated heterocycles. The van der Waals surface area contributed by atoms with E-state index >= 15 is 0 Å². The minimum atomic E-state index is 0.00406. The number of hydrazone groups is 1. The van der Waals surface area contributed by atoms with Crippen LogP contribution in [0.5, 0.6) is 0 Å². The highest BCUT2D eigenvalue weighted by Gasteiger charge is 2.17. The Morgan fingerprint density at radius 2 is 2.18 bits per heavy atom. The zero-order valence-electron chi connectivity index (χ0n) is 10.4. The van der Waals surface area contributed by atoms with Gasteiger partial charge in [-0.1, -0.05) is 38.1 Å². The first kappa shape index (κ1) is 11.8. The minimum Gasteiger partial charge on any atom is -0.273 e. The van der Waals surface area contributed by atoms with Gasteiger partial charge in [0.05, 0.1) is 5.71 Å². The molecule has 0 fully saturated rings. The van der Waals surface area contributed by atoms with Gasteiger partial charge in [0, 0.05) is 11.5 Å². The van der Waals surface area contributed by atoms with Crippen molar-refractivity contribution < 1.29 is 4.79 Å². The minimum absolute atomic E-state index is 0.00406. The van der Waals surface area contributed by atoms with Crippen LogP contribution in [0.25, 0.3) is 0 Å². The summed E-state index contributed by atoms with van der Waals surface area (Å²) in [6.45, 7) is 3.92. The van der Waals surface area contributed by atoms with Crippen molar-refractivity contribution in [1.82, 2.24) is 5.43 Å². The van der Waals surface area contributed by atoms with E-state index in [-0.39, 0.29) is 11.8 Å². The number of fused-ring (bicyclic) bond motifs is 1. The summed E-state index contributed by atoms with van der Waals surface area (Å²) in [5.74, 6) is 0.0281. The maximum atomic E-state index is 11.6. The van der Waals surface area contributed by atoms with Crippen molar-refractivity contribution in [2.24, 2.45) is 11.0 Å². The van der Waals surface area contributed by atoms with Gasteiger partial charge in [0.25, 0.3) is 0 Å². The highest BCUT2D eigenvalue weighted by atomic mass is 16.2. The average Bonchev–Trinajstić information content (AvgIpc) is 2.78. The fourth-order valence-electron chi connectivity index (χ4n) is 1.94. The molecule has 3 nitrogen and oxygen atoms in total. The molecule has 17 heavy (non-hydrogen) atoms. The first-order chi connectivity index (χ1) is 8.22. The van der Waals surface area contributed by atoms with E-state index in [1.165, 1.54) is 11.1 Å². The number of aryl methyl sites for hydroxylation is 1. The number of benzene rings is 1. The van der Waals surface area contributed by atoms with E-state index in [1.807, 2.05) is 26.0 Å². The Kier molecular flexibility index (Phi) is 3.57. The molecule has 1 aliphatic rings. The molecule has 90 valence electrons. The van der Waals surface area contributed by atoms with Gasteiger partial charge in [0.15, 0.2) is 0 Å². The summed E-state index contributed by atoms with van der Waals surface area (Å²) >= 11 is 0. The quantitative estimate of drug-likeness (QED) is 0.796. The fourth-order valence-corrected chi connectivity index (χ4v) is 1.94. The molecule has 0 saturated carbocycles. The van der Waals surface area contributed by atoms with Crippen LogP contribution >= 0.6 is 0 Å². The van der Waals surface area contributed by atoms with Crippen molar-refractivity contribution in [3.8, 4) is 0 Å². The van der Waals surface area contributed by atoms with Crippen LogP contribution in [0.15, 0.2) is 29.4 Å². The van der Waals surface area contributed by atoms with Gasteiger partial charge in [-0.2, -0.15) is 5.10 Å². The van der Waals surface area contributed by atoms with Crippen molar-refractivity contribution in [1.29, 1.82) is 0 Å². The molecule has 2 rings (SSSR count). The van der Waals surface area contributed by atoms with Crippen LogP contribution in [0.2, 0.25) is 0 Å². The number of amides is 1. The van der Waals surface area contributed by atoms with Crippen LogP contribution in [0.1, 0.15) is 37.8 Å². The third-order valence-electron chi connectivity index (χ3n) is 3.32. The van der Waals surface area contributed by atoms with E-state index in [1.54, 1.807) is 0 Å². The molecule has 1 unspecified atom stereocenters. The van der Waals surface area contributed by atoms with Crippen molar-refractivity contribution in [2.45, 2.75) is 33.1 Å². The second kappa shape index (κ2) is 5.13. The lowest BCUT2D eigenvalue weighted by molar-refractivity contribution is -0.124. The van der Waals surface area contributed by atoms with Gasteiger partial charge < -0.3 is 0 Å². The summed E-state index contributed by atoms with van der Waals surface area (Å²) in [7, 11) is 0. The molecule has 0 bridgehead atoms. The zero-order chi connectivity index (χ0) is 12.3. The van der Waals surface area contributed by atoms with Gasteiger partial charge in [0.2, 0.25) is 5.91 Å². The lowest BCUT2D eigenvalue weighted by atomic mass is 10.1. The summed E-state index contributed by atoms with van der Waals surface area (Å²) in [6, 6.07) is 8.24. The van der Waals surface area contributed by atoms with E-state index in [9.17, 15) is 4.79 Å². The molecule has 0 heterocycles. The van der Waals surface area contributed by atoms with Gasteiger partial charge in [-0.05, 0) is 24.8 Å². The maximum absolute atomic E-state index is 11.6. The normalized spacial score (nSPS) is 17.9. The molecule has 3 heteroatoms. The van der Waals surface area contributed by atoms with Gasteiger partial charge in [-0.25, -0.2) is 5.43 Å². The Hall–Kier alpha value is -1.64. The summed E-state index contributed by atoms with van der Waals surface area (Å²) in [4.78, 5) is 11.6. The molecule has 0 spiro atoms. The number of hydrogen-bond donors (Lipinski definition) is 1. The molecule has 1 aromatic carbocycles. The van der Waals surface area contributed by atoms with Crippen LogP contribution in [0, 0.1) is 5.92 Å². The van der Waals surface area contributed by atoms with Gasteiger partial charge in [0.1, 0.15) is 0 Å². The maximum Gasteiger partial charge on any atom is 0.242 e. The Morgan fingerprint density at radius 1 is 1.41 bits per heavy atom. The smallest absolute Gasteiger partial charge is 0.242 e. The van der Waals surface area contributed by atoms with E-state index in [2.05, 4.69) is 22.7 Å². The summed E-state index contributed by atoms with van der Waals surface area (Å²) < 4.78 is 0. The van der Waals surface area contributed by atoms with Crippen LogP contribution in [-0.4, -0.2) is 11.6 Å². The first-order valence-corrected chi connectivity index (χ1v) is 6.17. The molecule has 1 aromatic rings. The lowest BCUT2D eigenvalue weighted by Gasteiger charge is -2.06. The largest absolute Gasteiger partial charge is 0.273 e. The molecule has 1 N–H and O–H groups in total. The number of carbonyl (C=O) groups is 1. The predicted octanol–water partition coefficient (Wildman–Crippen LogP) is 2.50. The Labute approximate surface area is 102 Å². The molecule has 0 radical (unpaired) electrons. The third kappa shape index (κ3) is 2.54. The van der Waals surface area contributed by atoms with Crippen molar-refractivity contribution in [3.05, 3.63) is 35.4 Å². The van der Waals surface area contributed by atoms with Crippen LogP contribution in [-0.2, 0) is 11.2 Å². The third-order valence-corrected chi connectivity index (χ3v) is 3.32. The van der Waals surface area contributed by atoms with Gasteiger partial charge >= 0.3 is 0 Å². The molecular weight excluding hydrogens is 212 g/mol. The first-order valence-electron chi connectivity index (χ1n) is 6.17. The second-order valence-corrected chi connectivity index (χ2v) is 4.50. The molecule has 0 aliphatic heterocycles. The fraction of sp³-hybridized carbons (Fsp3) is 0.429. The summed E-state index contributed by atoms with van der Waals surface area (Å²) in [5.41, 5.74) is 6.16. The zero-order valence-corrected chi connectivity index (χ0v) is 10.4. The lowest BCUT2D eigenvalue weighted by Crippen LogP contribution is -2.25. The van der Waals surface area contributed by atoms with Crippen molar-refractivity contribution in [2.75, 3.05) is 0 Å².